The summed E-state index contributed by atoms with van der Waals surface area (Å²) in [6.07, 6.45) is 3.80. The standard InChI is InChI=1S/C17H20N2O3S/c20-15(19-17(16(21)22)7-9-23-10-8-17)6-5-12-11-18-14-4-2-1-3-13(12)14/h1-4,11,18H,5-10H2,(H,19,20)(H,21,22). The molecule has 1 aromatic carbocycles. The molecule has 2 aromatic rings. The Morgan fingerprint density at radius 1 is 1.26 bits per heavy atom. The summed E-state index contributed by atoms with van der Waals surface area (Å²) in [5.41, 5.74) is 1.05. The number of thioether (sulfide) groups is 1. The van der Waals surface area contributed by atoms with Crippen molar-refractivity contribution >= 4 is 34.5 Å². The van der Waals surface area contributed by atoms with Crippen LogP contribution in [0.4, 0.5) is 0 Å². The number of amides is 1. The van der Waals surface area contributed by atoms with Gasteiger partial charge in [-0.2, -0.15) is 11.8 Å². The molecule has 3 rings (SSSR count). The largest absolute Gasteiger partial charge is 0.480 e. The second-order valence-corrected chi connectivity index (χ2v) is 7.13. The van der Waals surface area contributed by atoms with Crippen LogP contribution in [-0.4, -0.2) is 39.0 Å². The molecule has 2 heterocycles. The van der Waals surface area contributed by atoms with Crippen LogP contribution in [0.15, 0.2) is 30.5 Å². The summed E-state index contributed by atoms with van der Waals surface area (Å²) in [5.74, 6) is 0.437. The SMILES string of the molecule is O=C(CCc1c[nH]c2ccccc12)NC1(C(=O)O)CCSCC1. The van der Waals surface area contributed by atoms with E-state index < -0.39 is 11.5 Å². The van der Waals surface area contributed by atoms with E-state index in [-0.39, 0.29) is 5.91 Å². The van der Waals surface area contributed by atoms with Crippen LogP contribution in [0.1, 0.15) is 24.8 Å². The lowest BCUT2D eigenvalue weighted by Gasteiger charge is -2.33. The summed E-state index contributed by atoms with van der Waals surface area (Å²) in [6, 6.07) is 7.96. The molecule has 1 amide bonds. The molecule has 5 nitrogen and oxygen atoms in total. The van der Waals surface area contributed by atoms with E-state index in [4.69, 9.17) is 0 Å². The molecule has 0 spiro atoms. The molecule has 1 aliphatic rings. The van der Waals surface area contributed by atoms with Gasteiger partial charge in [0, 0.05) is 23.5 Å². The molecule has 0 radical (unpaired) electrons. The summed E-state index contributed by atoms with van der Waals surface area (Å²) in [4.78, 5) is 27.0. The van der Waals surface area contributed by atoms with Crippen molar-refractivity contribution in [3.05, 3.63) is 36.0 Å². The number of para-hydroxylation sites is 1. The zero-order valence-electron chi connectivity index (χ0n) is 12.8. The van der Waals surface area contributed by atoms with Gasteiger partial charge >= 0.3 is 5.97 Å². The van der Waals surface area contributed by atoms with E-state index in [1.165, 1.54) is 0 Å². The molecule has 23 heavy (non-hydrogen) atoms. The monoisotopic (exact) mass is 332 g/mol. The van der Waals surface area contributed by atoms with Gasteiger partial charge in [-0.25, -0.2) is 4.79 Å². The second-order valence-electron chi connectivity index (χ2n) is 5.91. The summed E-state index contributed by atoms with van der Waals surface area (Å²) in [7, 11) is 0. The Hall–Kier alpha value is -1.95. The number of aryl methyl sites for hydroxylation is 1. The van der Waals surface area contributed by atoms with E-state index in [0.717, 1.165) is 28.0 Å². The Bertz CT molecular complexity index is 719. The molecule has 1 saturated heterocycles. The minimum atomic E-state index is -1.08. The van der Waals surface area contributed by atoms with Gasteiger partial charge in [0.25, 0.3) is 0 Å². The Kier molecular flexibility index (Phi) is 4.61. The first-order valence-electron chi connectivity index (χ1n) is 7.78. The summed E-state index contributed by atoms with van der Waals surface area (Å²) in [6.45, 7) is 0. The molecule has 0 atom stereocenters. The van der Waals surface area contributed by atoms with Gasteiger partial charge in [0.1, 0.15) is 5.54 Å². The number of benzene rings is 1. The number of aromatic amines is 1. The first-order valence-corrected chi connectivity index (χ1v) is 8.93. The van der Waals surface area contributed by atoms with Crippen LogP contribution in [0.5, 0.6) is 0 Å². The highest BCUT2D eigenvalue weighted by molar-refractivity contribution is 7.99. The van der Waals surface area contributed by atoms with Gasteiger partial charge in [-0.15, -0.1) is 0 Å². The van der Waals surface area contributed by atoms with E-state index in [2.05, 4.69) is 10.3 Å². The van der Waals surface area contributed by atoms with Crippen molar-refractivity contribution in [2.24, 2.45) is 0 Å². The van der Waals surface area contributed by atoms with Gasteiger partial charge in [-0.1, -0.05) is 18.2 Å². The Labute approximate surface area is 138 Å². The number of carboxylic acids is 1. The predicted molar refractivity (Wildman–Crippen MR) is 91.7 cm³/mol. The topological polar surface area (TPSA) is 82.2 Å². The third-order valence-corrected chi connectivity index (χ3v) is 5.42. The summed E-state index contributed by atoms with van der Waals surface area (Å²) >= 11 is 1.74. The number of aliphatic carboxylic acids is 1. The Balaban J connectivity index is 1.64. The predicted octanol–water partition coefficient (Wildman–Crippen LogP) is 2.57. The van der Waals surface area contributed by atoms with Crippen molar-refractivity contribution in [2.45, 2.75) is 31.2 Å². The maximum atomic E-state index is 12.3. The number of rotatable bonds is 5. The average Bonchev–Trinajstić information content (AvgIpc) is 2.97. The second kappa shape index (κ2) is 6.66. The van der Waals surface area contributed by atoms with E-state index in [1.54, 1.807) is 11.8 Å². The van der Waals surface area contributed by atoms with E-state index in [9.17, 15) is 14.7 Å². The van der Waals surface area contributed by atoms with Gasteiger partial charge in [-0.05, 0) is 42.4 Å². The van der Waals surface area contributed by atoms with Crippen molar-refractivity contribution in [1.82, 2.24) is 10.3 Å². The van der Waals surface area contributed by atoms with E-state index in [0.29, 0.717) is 25.7 Å². The van der Waals surface area contributed by atoms with Crippen molar-refractivity contribution in [2.75, 3.05) is 11.5 Å². The number of fused-ring (bicyclic) bond motifs is 1. The van der Waals surface area contributed by atoms with Crippen LogP contribution in [-0.2, 0) is 16.0 Å². The highest BCUT2D eigenvalue weighted by atomic mass is 32.2. The fourth-order valence-electron chi connectivity index (χ4n) is 3.03. The lowest BCUT2D eigenvalue weighted by atomic mass is 9.92. The lowest BCUT2D eigenvalue weighted by Crippen LogP contribution is -2.56. The third-order valence-electron chi connectivity index (χ3n) is 4.43. The number of carboxylic acid groups (broad SMARTS) is 1. The van der Waals surface area contributed by atoms with Gasteiger partial charge in [0.15, 0.2) is 0 Å². The lowest BCUT2D eigenvalue weighted by molar-refractivity contribution is -0.148. The number of H-pyrrole nitrogens is 1. The smallest absolute Gasteiger partial charge is 0.329 e. The highest BCUT2D eigenvalue weighted by Crippen LogP contribution is 2.27. The van der Waals surface area contributed by atoms with E-state index >= 15 is 0 Å². The highest BCUT2D eigenvalue weighted by Gasteiger charge is 2.41. The molecule has 0 unspecified atom stereocenters. The van der Waals surface area contributed by atoms with Gasteiger partial charge in [0.05, 0.1) is 0 Å². The van der Waals surface area contributed by atoms with Crippen LogP contribution in [0.2, 0.25) is 0 Å². The van der Waals surface area contributed by atoms with Crippen molar-refractivity contribution in [3.63, 3.8) is 0 Å². The molecule has 3 N–H and O–H groups in total. The summed E-state index contributed by atoms with van der Waals surface area (Å²) < 4.78 is 0. The molecule has 6 heteroatoms. The zero-order chi connectivity index (χ0) is 16.3. The molecule has 0 aliphatic carbocycles. The fraction of sp³-hybridized carbons (Fsp3) is 0.412. The maximum Gasteiger partial charge on any atom is 0.329 e. The van der Waals surface area contributed by atoms with Crippen LogP contribution in [0.3, 0.4) is 0 Å². The van der Waals surface area contributed by atoms with Crippen LogP contribution in [0.25, 0.3) is 10.9 Å². The first-order chi connectivity index (χ1) is 11.1. The first kappa shape index (κ1) is 15.9. The molecule has 1 aromatic heterocycles. The van der Waals surface area contributed by atoms with Gasteiger partial charge < -0.3 is 15.4 Å². The molecule has 0 bridgehead atoms. The number of nitrogens with one attached hydrogen (secondary N) is 2. The average molecular weight is 332 g/mol. The minimum absolute atomic E-state index is 0.190. The normalized spacial score (nSPS) is 17.0. The number of carbonyl (C=O) groups is 2. The zero-order valence-corrected chi connectivity index (χ0v) is 13.6. The Morgan fingerprint density at radius 2 is 2.00 bits per heavy atom. The van der Waals surface area contributed by atoms with Crippen molar-refractivity contribution < 1.29 is 14.7 Å². The number of carbonyl (C=O) groups excluding carboxylic acids is 1. The molecule has 122 valence electrons. The quantitative estimate of drug-likeness (QED) is 0.786. The third kappa shape index (κ3) is 3.37. The molecular formula is C17H20N2O3S. The fourth-order valence-corrected chi connectivity index (χ4v) is 4.22. The molecule has 1 aliphatic heterocycles. The number of aromatic nitrogens is 1. The van der Waals surface area contributed by atoms with Crippen LogP contribution in [0, 0.1) is 0 Å². The molecule has 1 fully saturated rings. The maximum absolute atomic E-state index is 12.3. The number of hydrogen-bond acceptors (Lipinski definition) is 3. The van der Waals surface area contributed by atoms with Crippen LogP contribution >= 0.6 is 11.8 Å². The van der Waals surface area contributed by atoms with Crippen molar-refractivity contribution in [3.8, 4) is 0 Å². The van der Waals surface area contributed by atoms with Gasteiger partial charge in [0.2, 0.25) is 5.91 Å². The molecule has 0 saturated carbocycles. The van der Waals surface area contributed by atoms with Crippen LogP contribution < -0.4 is 5.32 Å². The van der Waals surface area contributed by atoms with E-state index in [1.807, 2.05) is 30.5 Å². The minimum Gasteiger partial charge on any atom is -0.480 e. The summed E-state index contributed by atoms with van der Waals surface area (Å²) in [5, 5.41) is 13.4. The van der Waals surface area contributed by atoms with Gasteiger partial charge in [-0.3, -0.25) is 4.79 Å². The Morgan fingerprint density at radius 3 is 2.74 bits per heavy atom. The van der Waals surface area contributed by atoms with Crippen molar-refractivity contribution in [1.29, 1.82) is 0 Å². The number of hydrogen-bond donors (Lipinski definition) is 3. The molecular weight excluding hydrogens is 312 g/mol.